The van der Waals surface area contributed by atoms with Crippen LogP contribution in [0.5, 0.6) is 0 Å². The maximum Gasteiger partial charge on any atom is 0.0312 e. The normalized spacial score (nSPS) is 24.4. The van der Waals surface area contributed by atoms with Gasteiger partial charge >= 0.3 is 0 Å². The second kappa shape index (κ2) is 5.15. The molecule has 3 nitrogen and oxygen atoms in total. The van der Waals surface area contributed by atoms with E-state index in [9.17, 15) is 0 Å². The number of aromatic nitrogens is 1. The van der Waals surface area contributed by atoms with Crippen molar-refractivity contribution in [1.29, 1.82) is 0 Å². The second-order valence-corrected chi connectivity index (χ2v) is 5.32. The number of hydrogen-bond donors (Lipinski definition) is 1. The molecule has 3 heteroatoms. The molecule has 1 unspecified atom stereocenters. The van der Waals surface area contributed by atoms with Gasteiger partial charge in [-0.2, -0.15) is 0 Å². The van der Waals surface area contributed by atoms with E-state index in [0.29, 0.717) is 6.04 Å². The van der Waals surface area contributed by atoms with Crippen molar-refractivity contribution in [2.75, 3.05) is 13.1 Å². The molecule has 2 fully saturated rings. The van der Waals surface area contributed by atoms with Crippen molar-refractivity contribution in [3.05, 3.63) is 30.1 Å². The maximum atomic E-state index is 4.21. The van der Waals surface area contributed by atoms with Gasteiger partial charge in [-0.3, -0.25) is 9.88 Å². The number of nitrogens with zero attached hydrogens (tertiary/aromatic N) is 2. The number of hydrogen-bond acceptors (Lipinski definition) is 3. The lowest BCUT2D eigenvalue weighted by Gasteiger charge is -2.25. The molecule has 1 N–H and O–H groups in total. The Bertz CT molecular complexity index is 342. The van der Waals surface area contributed by atoms with Gasteiger partial charge in [0.1, 0.15) is 0 Å². The van der Waals surface area contributed by atoms with Crippen LogP contribution in [0.3, 0.4) is 0 Å². The Morgan fingerprint density at radius 1 is 1.35 bits per heavy atom. The highest BCUT2D eigenvalue weighted by molar-refractivity contribution is 5.09. The molecular formula is C14H21N3. The number of rotatable bonds is 5. The minimum absolute atomic E-state index is 0.715. The molecule has 1 saturated carbocycles. The third-order valence-corrected chi connectivity index (χ3v) is 3.79. The molecule has 2 aliphatic rings. The van der Waals surface area contributed by atoms with Crippen LogP contribution < -0.4 is 5.32 Å². The number of pyridine rings is 1. The van der Waals surface area contributed by atoms with Crippen molar-refractivity contribution < 1.29 is 0 Å². The third kappa shape index (κ3) is 3.05. The molecule has 1 aliphatic carbocycles. The van der Waals surface area contributed by atoms with Crippen molar-refractivity contribution in [2.24, 2.45) is 0 Å². The molecule has 92 valence electrons. The zero-order valence-corrected chi connectivity index (χ0v) is 10.3. The van der Waals surface area contributed by atoms with Crippen molar-refractivity contribution >= 4 is 0 Å². The molecule has 1 atom stereocenters. The van der Waals surface area contributed by atoms with E-state index in [1.54, 1.807) is 0 Å². The molecule has 0 bridgehead atoms. The van der Waals surface area contributed by atoms with E-state index in [-0.39, 0.29) is 0 Å². The van der Waals surface area contributed by atoms with Crippen LogP contribution in [0.25, 0.3) is 0 Å². The van der Waals surface area contributed by atoms with E-state index in [1.165, 1.54) is 44.3 Å². The summed E-state index contributed by atoms with van der Waals surface area (Å²) < 4.78 is 0. The Hall–Kier alpha value is -0.930. The minimum atomic E-state index is 0.715. The predicted molar refractivity (Wildman–Crippen MR) is 68.7 cm³/mol. The average Bonchev–Trinajstić information content (AvgIpc) is 3.09. The van der Waals surface area contributed by atoms with Gasteiger partial charge in [0.25, 0.3) is 0 Å². The Morgan fingerprint density at radius 2 is 2.29 bits per heavy atom. The minimum Gasteiger partial charge on any atom is -0.313 e. The lowest BCUT2D eigenvalue weighted by atomic mass is 10.2. The van der Waals surface area contributed by atoms with Gasteiger partial charge in [0.15, 0.2) is 0 Å². The summed E-state index contributed by atoms with van der Waals surface area (Å²) >= 11 is 0. The van der Waals surface area contributed by atoms with Gasteiger partial charge < -0.3 is 5.32 Å². The molecule has 0 spiro atoms. The molecule has 17 heavy (non-hydrogen) atoms. The summed E-state index contributed by atoms with van der Waals surface area (Å²) in [7, 11) is 0. The summed E-state index contributed by atoms with van der Waals surface area (Å²) in [5.41, 5.74) is 1.34. The summed E-state index contributed by atoms with van der Waals surface area (Å²) in [6.07, 6.45) is 9.30. The number of nitrogens with one attached hydrogen (secondary N) is 1. The van der Waals surface area contributed by atoms with Gasteiger partial charge in [-0.25, -0.2) is 0 Å². The second-order valence-electron chi connectivity index (χ2n) is 5.32. The van der Waals surface area contributed by atoms with Crippen molar-refractivity contribution in [3.63, 3.8) is 0 Å². The topological polar surface area (TPSA) is 28.2 Å². The molecular weight excluding hydrogens is 210 g/mol. The van der Waals surface area contributed by atoms with Crippen LogP contribution in [0.1, 0.15) is 31.2 Å². The smallest absolute Gasteiger partial charge is 0.0312 e. The standard InChI is InChI=1S/C14H21N3/c1-3-12(9-15-7-1)10-17(14-5-6-14)11-13-4-2-8-16-13/h1,3,7,9,13-14,16H,2,4-6,8,10-11H2. The molecule has 3 rings (SSSR count). The molecule has 1 saturated heterocycles. The third-order valence-electron chi connectivity index (χ3n) is 3.79. The summed E-state index contributed by atoms with van der Waals surface area (Å²) in [6.45, 7) is 3.48. The molecule has 0 aromatic carbocycles. The van der Waals surface area contributed by atoms with Gasteiger partial charge in [0.05, 0.1) is 0 Å². The molecule has 2 heterocycles. The first kappa shape index (κ1) is 11.2. The summed E-state index contributed by atoms with van der Waals surface area (Å²) in [5, 5.41) is 3.60. The quantitative estimate of drug-likeness (QED) is 0.837. The van der Waals surface area contributed by atoms with Gasteiger partial charge in [-0.05, 0) is 43.9 Å². The van der Waals surface area contributed by atoms with E-state index < -0.39 is 0 Å². The van der Waals surface area contributed by atoms with Crippen LogP contribution >= 0.6 is 0 Å². The zero-order chi connectivity index (χ0) is 11.5. The Kier molecular flexibility index (Phi) is 3.39. The largest absolute Gasteiger partial charge is 0.313 e. The van der Waals surface area contributed by atoms with Crippen LogP contribution in [-0.4, -0.2) is 35.1 Å². The highest BCUT2D eigenvalue weighted by Crippen LogP contribution is 2.29. The van der Waals surface area contributed by atoms with Gasteiger partial charge in [-0.15, -0.1) is 0 Å². The first-order chi connectivity index (χ1) is 8.42. The Balaban J connectivity index is 1.60. The van der Waals surface area contributed by atoms with Crippen LogP contribution in [0.15, 0.2) is 24.5 Å². The fourth-order valence-electron chi connectivity index (χ4n) is 2.70. The monoisotopic (exact) mass is 231 g/mol. The molecule has 0 radical (unpaired) electrons. The van der Waals surface area contributed by atoms with E-state index >= 15 is 0 Å². The maximum absolute atomic E-state index is 4.21. The van der Waals surface area contributed by atoms with E-state index in [1.807, 2.05) is 18.5 Å². The summed E-state index contributed by atoms with van der Waals surface area (Å²) in [4.78, 5) is 6.85. The fraction of sp³-hybridized carbons (Fsp3) is 0.643. The fourth-order valence-corrected chi connectivity index (χ4v) is 2.70. The molecule has 1 aromatic rings. The van der Waals surface area contributed by atoms with Crippen LogP contribution in [0, 0.1) is 0 Å². The van der Waals surface area contributed by atoms with E-state index in [0.717, 1.165) is 12.6 Å². The van der Waals surface area contributed by atoms with Crippen LogP contribution in [0.4, 0.5) is 0 Å². The lowest BCUT2D eigenvalue weighted by molar-refractivity contribution is 0.231. The van der Waals surface area contributed by atoms with Gasteiger partial charge in [-0.1, -0.05) is 6.07 Å². The van der Waals surface area contributed by atoms with E-state index in [2.05, 4.69) is 21.3 Å². The van der Waals surface area contributed by atoms with Crippen molar-refractivity contribution in [3.8, 4) is 0 Å². The lowest BCUT2D eigenvalue weighted by Crippen LogP contribution is -2.38. The van der Waals surface area contributed by atoms with Crippen LogP contribution in [0.2, 0.25) is 0 Å². The molecule has 1 aromatic heterocycles. The SMILES string of the molecule is c1cncc(CN(CC2CCCN2)C2CC2)c1. The van der Waals surface area contributed by atoms with Crippen molar-refractivity contribution in [2.45, 2.75) is 44.3 Å². The van der Waals surface area contributed by atoms with E-state index in [4.69, 9.17) is 0 Å². The first-order valence-electron chi connectivity index (χ1n) is 6.78. The molecule has 0 amide bonds. The highest BCUT2D eigenvalue weighted by Gasteiger charge is 2.31. The van der Waals surface area contributed by atoms with Gasteiger partial charge in [0, 0.05) is 37.6 Å². The predicted octanol–water partition coefficient (Wildman–Crippen LogP) is 1.80. The average molecular weight is 231 g/mol. The summed E-state index contributed by atoms with van der Waals surface area (Å²) in [6, 6.07) is 5.77. The molecule has 1 aliphatic heterocycles. The van der Waals surface area contributed by atoms with Crippen molar-refractivity contribution in [1.82, 2.24) is 15.2 Å². The highest BCUT2D eigenvalue weighted by atomic mass is 15.2. The first-order valence-corrected chi connectivity index (χ1v) is 6.78. The Morgan fingerprint density at radius 3 is 2.94 bits per heavy atom. The van der Waals surface area contributed by atoms with Gasteiger partial charge in [0.2, 0.25) is 0 Å². The zero-order valence-electron chi connectivity index (χ0n) is 10.3. The van der Waals surface area contributed by atoms with Crippen LogP contribution in [-0.2, 0) is 6.54 Å². The summed E-state index contributed by atoms with van der Waals surface area (Å²) in [5.74, 6) is 0. The Labute approximate surface area is 103 Å².